The molecule has 0 amide bonds. The fourth-order valence-corrected chi connectivity index (χ4v) is 4.48. The van der Waals surface area contributed by atoms with Crippen molar-refractivity contribution in [3.8, 4) is 11.5 Å². The number of aryl methyl sites for hydroxylation is 1. The fraction of sp³-hybridized carbons (Fsp3) is 0.273. The molecule has 2 aromatic carbocycles. The van der Waals surface area contributed by atoms with Gasteiger partial charge in [-0.15, -0.1) is 0 Å². The van der Waals surface area contributed by atoms with Crippen molar-refractivity contribution in [2.75, 3.05) is 13.1 Å². The minimum Gasteiger partial charge on any atom is -0.455 e. The van der Waals surface area contributed by atoms with Crippen LogP contribution in [0.4, 0.5) is 0 Å². The minimum absolute atomic E-state index is 0.0598. The zero-order valence-corrected chi connectivity index (χ0v) is 18.0. The summed E-state index contributed by atoms with van der Waals surface area (Å²) in [6, 6.07) is 15.3. The maximum atomic E-state index is 12.7. The second kappa shape index (κ2) is 9.23. The number of sulfonamides is 1. The lowest BCUT2D eigenvalue weighted by molar-refractivity contribution is 0.0466. The second-order valence-corrected chi connectivity index (χ2v) is 8.52. The van der Waals surface area contributed by atoms with Crippen LogP contribution in [0.25, 0.3) is 11.5 Å². The molecule has 0 saturated heterocycles. The highest BCUT2D eigenvalue weighted by atomic mass is 32.2. The van der Waals surface area contributed by atoms with Gasteiger partial charge in [-0.25, -0.2) is 18.2 Å². The zero-order valence-electron chi connectivity index (χ0n) is 17.2. The number of rotatable bonds is 8. The van der Waals surface area contributed by atoms with Crippen LogP contribution in [0.15, 0.2) is 63.9 Å². The molecule has 0 radical (unpaired) electrons. The van der Waals surface area contributed by atoms with Gasteiger partial charge in [0.05, 0.1) is 10.5 Å². The summed E-state index contributed by atoms with van der Waals surface area (Å²) in [5.74, 6) is 0.376. The fourth-order valence-electron chi connectivity index (χ4n) is 2.98. The first-order chi connectivity index (χ1) is 14.4. The molecule has 0 aliphatic heterocycles. The third kappa shape index (κ3) is 4.60. The largest absolute Gasteiger partial charge is 0.455 e. The molecule has 0 aliphatic carbocycles. The Balaban J connectivity index is 1.74. The van der Waals surface area contributed by atoms with Crippen LogP contribution >= 0.6 is 0 Å². The maximum Gasteiger partial charge on any atom is 0.338 e. The van der Waals surface area contributed by atoms with Crippen LogP contribution in [0, 0.1) is 6.92 Å². The van der Waals surface area contributed by atoms with Gasteiger partial charge < -0.3 is 9.15 Å². The molecule has 30 heavy (non-hydrogen) atoms. The van der Waals surface area contributed by atoms with Crippen molar-refractivity contribution in [2.24, 2.45) is 0 Å². The highest BCUT2D eigenvalue weighted by Gasteiger charge is 2.23. The van der Waals surface area contributed by atoms with Crippen LogP contribution in [0.5, 0.6) is 0 Å². The van der Waals surface area contributed by atoms with Gasteiger partial charge in [0.15, 0.2) is 0 Å². The summed E-state index contributed by atoms with van der Waals surface area (Å²) in [7, 11) is -3.66. The summed E-state index contributed by atoms with van der Waals surface area (Å²) in [5.41, 5.74) is 1.49. The number of aromatic nitrogens is 1. The highest BCUT2D eigenvalue weighted by molar-refractivity contribution is 7.89. The summed E-state index contributed by atoms with van der Waals surface area (Å²) in [5, 5.41) is 0. The van der Waals surface area contributed by atoms with E-state index in [2.05, 4.69) is 4.98 Å². The number of benzene rings is 2. The van der Waals surface area contributed by atoms with Gasteiger partial charge in [-0.2, -0.15) is 4.31 Å². The lowest BCUT2D eigenvalue weighted by Gasteiger charge is -2.18. The lowest BCUT2D eigenvalue weighted by Crippen LogP contribution is -2.30. The van der Waals surface area contributed by atoms with Crippen molar-refractivity contribution < 1.29 is 22.4 Å². The van der Waals surface area contributed by atoms with Crippen molar-refractivity contribution in [3.05, 3.63) is 71.6 Å². The van der Waals surface area contributed by atoms with E-state index in [0.29, 0.717) is 30.4 Å². The topological polar surface area (TPSA) is 89.7 Å². The molecule has 1 heterocycles. The van der Waals surface area contributed by atoms with Crippen molar-refractivity contribution in [1.29, 1.82) is 0 Å². The summed E-state index contributed by atoms with van der Waals surface area (Å²) < 4.78 is 37.7. The van der Waals surface area contributed by atoms with Crippen molar-refractivity contribution in [2.45, 2.75) is 32.3 Å². The highest BCUT2D eigenvalue weighted by Crippen LogP contribution is 2.22. The molecule has 0 atom stereocenters. The van der Waals surface area contributed by atoms with Crippen molar-refractivity contribution >= 4 is 16.0 Å². The molecule has 0 N–H and O–H groups in total. The Labute approximate surface area is 176 Å². The normalized spacial score (nSPS) is 11.6. The molecule has 7 nitrogen and oxygen atoms in total. The molecule has 0 saturated carbocycles. The van der Waals surface area contributed by atoms with Crippen molar-refractivity contribution in [3.63, 3.8) is 0 Å². The van der Waals surface area contributed by atoms with E-state index in [4.69, 9.17) is 9.15 Å². The van der Waals surface area contributed by atoms with Gasteiger partial charge in [-0.05, 0) is 37.3 Å². The lowest BCUT2D eigenvalue weighted by atomic mass is 10.2. The van der Waals surface area contributed by atoms with E-state index in [9.17, 15) is 13.2 Å². The quantitative estimate of drug-likeness (QED) is 0.503. The number of nitrogens with zero attached hydrogens (tertiary/aromatic N) is 2. The summed E-state index contributed by atoms with van der Waals surface area (Å²) in [6.07, 6.45) is 0. The number of carbonyl (C=O) groups is 1. The van der Waals surface area contributed by atoms with Gasteiger partial charge in [0.1, 0.15) is 18.1 Å². The van der Waals surface area contributed by atoms with Gasteiger partial charge >= 0.3 is 5.97 Å². The number of oxazole rings is 1. The predicted octanol–water partition coefficient (Wildman–Crippen LogP) is 4.04. The van der Waals surface area contributed by atoms with Crippen LogP contribution in [0.1, 0.15) is 35.7 Å². The van der Waals surface area contributed by atoms with Gasteiger partial charge in [0.25, 0.3) is 0 Å². The molecule has 3 aromatic rings. The number of esters is 1. The molecular weight excluding hydrogens is 404 g/mol. The Morgan fingerprint density at radius 1 is 1.07 bits per heavy atom. The zero-order chi connectivity index (χ0) is 21.7. The van der Waals surface area contributed by atoms with Crippen LogP contribution in [0.2, 0.25) is 0 Å². The molecule has 8 heteroatoms. The monoisotopic (exact) mass is 428 g/mol. The molecule has 1 aromatic heterocycles. The van der Waals surface area contributed by atoms with Gasteiger partial charge in [0, 0.05) is 18.7 Å². The number of ether oxygens (including phenoxy) is 1. The van der Waals surface area contributed by atoms with E-state index in [1.54, 1.807) is 20.8 Å². The second-order valence-electron chi connectivity index (χ2n) is 6.58. The summed E-state index contributed by atoms with van der Waals surface area (Å²) in [6.45, 7) is 5.91. The van der Waals surface area contributed by atoms with Gasteiger partial charge in [0.2, 0.25) is 15.9 Å². The third-order valence-electron chi connectivity index (χ3n) is 4.67. The first-order valence-corrected chi connectivity index (χ1v) is 11.1. The van der Waals surface area contributed by atoms with E-state index in [1.807, 2.05) is 30.3 Å². The summed E-state index contributed by atoms with van der Waals surface area (Å²) >= 11 is 0. The number of carbonyl (C=O) groups excluding carboxylic acids is 1. The van der Waals surface area contributed by atoms with E-state index in [-0.39, 0.29) is 17.1 Å². The van der Waals surface area contributed by atoms with E-state index >= 15 is 0 Å². The molecule has 0 spiro atoms. The first-order valence-electron chi connectivity index (χ1n) is 9.65. The van der Waals surface area contributed by atoms with Crippen LogP contribution in [0.3, 0.4) is 0 Å². The number of hydrogen-bond donors (Lipinski definition) is 0. The average Bonchev–Trinajstić information content (AvgIpc) is 3.14. The van der Waals surface area contributed by atoms with Gasteiger partial charge in [-0.3, -0.25) is 0 Å². The number of hydrogen-bond acceptors (Lipinski definition) is 6. The average molecular weight is 429 g/mol. The Bertz CT molecular complexity index is 1120. The van der Waals surface area contributed by atoms with E-state index in [1.165, 1.54) is 28.6 Å². The Morgan fingerprint density at radius 3 is 2.43 bits per heavy atom. The Hall–Kier alpha value is -2.97. The third-order valence-corrected chi connectivity index (χ3v) is 6.71. The molecule has 0 aliphatic rings. The van der Waals surface area contributed by atoms with Gasteiger partial charge in [-0.1, -0.05) is 38.1 Å². The van der Waals surface area contributed by atoms with Crippen molar-refractivity contribution in [1.82, 2.24) is 9.29 Å². The Kier molecular flexibility index (Phi) is 6.69. The molecule has 158 valence electrons. The molecule has 0 unspecified atom stereocenters. The first kappa shape index (κ1) is 21.7. The standard InChI is InChI=1S/C22H24N2O5S/c1-4-24(5-2)30(26,27)19-13-9-12-18(14-19)22(25)28-15-20-16(3)29-21(23-20)17-10-7-6-8-11-17/h6-14H,4-5,15H2,1-3H3. The SMILES string of the molecule is CCN(CC)S(=O)(=O)c1cccc(C(=O)OCc2nc(-c3ccccc3)oc2C)c1. The molecule has 0 bridgehead atoms. The minimum atomic E-state index is -3.66. The van der Waals surface area contributed by atoms with Crippen LogP contribution in [-0.4, -0.2) is 36.8 Å². The van der Waals surface area contributed by atoms with Crippen LogP contribution < -0.4 is 0 Å². The Morgan fingerprint density at radius 2 is 1.77 bits per heavy atom. The van der Waals surface area contributed by atoms with E-state index in [0.717, 1.165) is 5.56 Å². The molecular formula is C22H24N2O5S. The molecule has 0 fully saturated rings. The maximum absolute atomic E-state index is 12.7. The molecule has 3 rings (SSSR count). The van der Waals surface area contributed by atoms with Crippen LogP contribution in [-0.2, 0) is 21.4 Å². The summed E-state index contributed by atoms with van der Waals surface area (Å²) in [4.78, 5) is 17.0. The smallest absolute Gasteiger partial charge is 0.338 e. The van der Waals surface area contributed by atoms with E-state index < -0.39 is 16.0 Å². The predicted molar refractivity (Wildman–Crippen MR) is 112 cm³/mol.